The molecule has 2 aliphatic rings. The van der Waals surface area contributed by atoms with E-state index in [0.717, 1.165) is 23.1 Å². The number of ether oxygens (including phenoxy) is 1. The Hall–Kier alpha value is -1.81. The van der Waals surface area contributed by atoms with E-state index in [0.29, 0.717) is 25.0 Å². The van der Waals surface area contributed by atoms with Crippen molar-refractivity contribution in [3.8, 4) is 11.5 Å². The van der Waals surface area contributed by atoms with Crippen LogP contribution < -0.4 is 4.74 Å². The molecule has 2 N–H and O–H groups in total. The van der Waals surface area contributed by atoms with Gasteiger partial charge in [0, 0.05) is 12.0 Å². The van der Waals surface area contributed by atoms with E-state index in [9.17, 15) is 15.0 Å². The van der Waals surface area contributed by atoms with Crippen molar-refractivity contribution in [2.45, 2.75) is 63.6 Å². The molecule has 1 aliphatic heterocycles. The molecule has 0 radical (unpaired) electrons. The molecule has 0 spiro atoms. The van der Waals surface area contributed by atoms with Crippen LogP contribution >= 0.6 is 0 Å². The molecule has 1 aromatic carbocycles. The highest BCUT2D eigenvalue weighted by molar-refractivity contribution is 5.90. The Kier molecular flexibility index (Phi) is 3.56. The van der Waals surface area contributed by atoms with Crippen LogP contribution in [0.15, 0.2) is 18.7 Å². The normalized spacial score (nSPS) is 32.2. The van der Waals surface area contributed by atoms with Gasteiger partial charge < -0.3 is 14.9 Å². The maximum atomic E-state index is 12.6. The third-order valence-corrected chi connectivity index (χ3v) is 5.48. The lowest BCUT2D eigenvalue weighted by molar-refractivity contribution is -0.147. The highest BCUT2D eigenvalue weighted by Gasteiger charge is 2.64. The first kappa shape index (κ1) is 16.1. The second-order valence-corrected chi connectivity index (χ2v) is 7.08. The van der Waals surface area contributed by atoms with Gasteiger partial charge in [-0.25, -0.2) is 0 Å². The Balaban J connectivity index is 2.37. The fourth-order valence-electron chi connectivity index (χ4n) is 4.37. The number of hydrogen-bond donors (Lipinski definition) is 2. The number of aromatic hydroxyl groups is 1. The van der Waals surface area contributed by atoms with Gasteiger partial charge in [-0.1, -0.05) is 31.6 Å². The van der Waals surface area contributed by atoms with Crippen molar-refractivity contribution in [3.63, 3.8) is 0 Å². The Labute approximate surface area is 136 Å². The van der Waals surface area contributed by atoms with Crippen LogP contribution in [-0.4, -0.2) is 27.7 Å². The van der Waals surface area contributed by atoms with Crippen molar-refractivity contribution < 1.29 is 19.7 Å². The molecular formula is C19H24O4. The van der Waals surface area contributed by atoms with Crippen molar-refractivity contribution >= 4 is 11.4 Å². The third kappa shape index (κ3) is 1.97. The van der Waals surface area contributed by atoms with Gasteiger partial charge in [-0.3, -0.25) is 4.79 Å². The van der Waals surface area contributed by atoms with Gasteiger partial charge in [0.05, 0.1) is 11.0 Å². The van der Waals surface area contributed by atoms with E-state index in [4.69, 9.17) is 4.74 Å². The van der Waals surface area contributed by atoms with Crippen molar-refractivity contribution in [1.82, 2.24) is 0 Å². The number of ketones is 1. The van der Waals surface area contributed by atoms with Crippen LogP contribution in [0.1, 0.15) is 57.6 Å². The molecule has 4 heteroatoms. The average molecular weight is 316 g/mol. The van der Waals surface area contributed by atoms with Gasteiger partial charge in [0.1, 0.15) is 0 Å². The molecule has 124 valence electrons. The Morgan fingerprint density at radius 3 is 2.78 bits per heavy atom. The highest BCUT2D eigenvalue weighted by atomic mass is 16.5. The molecule has 0 unspecified atom stereocenters. The van der Waals surface area contributed by atoms with Crippen LogP contribution in [-0.2, 0) is 10.2 Å². The summed E-state index contributed by atoms with van der Waals surface area (Å²) in [6.07, 6.45) is 1.37. The molecule has 1 heterocycles. The number of hydrogen-bond acceptors (Lipinski definition) is 4. The van der Waals surface area contributed by atoms with Crippen LogP contribution in [0, 0.1) is 0 Å². The predicted octanol–water partition coefficient (Wildman–Crippen LogP) is 3.34. The standard InChI is InChI=1S/C19H24O4/c1-5-9-19-15-12(11(2)3)6-7-13(20)16(15)23-17(19)14(21)8-10-18(19,4)22/h6-7,17,20,22H,2,5,8-10H2,1,3-4H3/t17-,18-,19-/m0/s1. The summed E-state index contributed by atoms with van der Waals surface area (Å²) in [5, 5.41) is 21.5. The van der Waals surface area contributed by atoms with Gasteiger partial charge in [0.2, 0.25) is 0 Å². The molecule has 0 amide bonds. The van der Waals surface area contributed by atoms with E-state index in [1.165, 1.54) is 0 Å². The lowest BCUT2D eigenvalue weighted by atomic mass is 9.56. The third-order valence-electron chi connectivity index (χ3n) is 5.48. The van der Waals surface area contributed by atoms with E-state index < -0.39 is 17.1 Å². The molecule has 0 saturated heterocycles. The number of benzene rings is 1. The molecule has 23 heavy (non-hydrogen) atoms. The first-order valence-electron chi connectivity index (χ1n) is 8.20. The van der Waals surface area contributed by atoms with Gasteiger partial charge >= 0.3 is 0 Å². The molecule has 1 aromatic rings. The summed E-state index contributed by atoms with van der Waals surface area (Å²) in [5.74, 6) is 0.339. The highest BCUT2D eigenvalue weighted by Crippen LogP contribution is 2.60. The summed E-state index contributed by atoms with van der Waals surface area (Å²) in [6, 6.07) is 3.37. The lowest BCUT2D eigenvalue weighted by Crippen LogP contribution is -2.62. The fourth-order valence-corrected chi connectivity index (χ4v) is 4.37. The predicted molar refractivity (Wildman–Crippen MR) is 88.7 cm³/mol. The molecule has 1 aliphatic carbocycles. The van der Waals surface area contributed by atoms with Crippen molar-refractivity contribution in [2.75, 3.05) is 0 Å². The lowest BCUT2D eigenvalue weighted by Gasteiger charge is -2.49. The Bertz CT molecular complexity index is 689. The molecule has 3 rings (SSSR count). The zero-order chi connectivity index (χ0) is 17.0. The summed E-state index contributed by atoms with van der Waals surface area (Å²) in [7, 11) is 0. The topological polar surface area (TPSA) is 66.8 Å². The molecule has 1 saturated carbocycles. The SMILES string of the molecule is C=C(C)c1ccc(O)c2c1[C@@]1(CCC)[C@@H](O2)C(=O)CC[C@]1(C)O. The smallest absolute Gasteiger partial charge is 0.174 e. The van der Waals surface area contributed by atoms with E-state index >= 15 is 0 Å². The number of carbonyl (C=O) groups excluding carboxylic acids is 1. The minimum atomic E-state index is -1.08. The molecule has 0 aromatic heterocycles. The summed E-state index contributed by atoms with van der Waals surface area (Å²) < 4.78 is 5.94. The number of phenolic OH excluding ortho intramolecular Hbond substituents is 1. The fraction of sp³-hybridized carbons (Fsp3) is 0.526. The van der Waals surface area contributed by atoms with E-state index in [1.54, 1.807) is 19.1 Å². The first-order chi connectivity index (χ1) is 10.8. The minimum absolute atomic E-state index is 0.00626. The second-order valence-electron chi connectivity index (χ2n) is 7.08. The number of rotatable bonds is 3. The van der Waals surface area contributed by atoms with Gasteiger partial charge in [-0.05, 0) is 38.3 Å². The summed E-state index contributed by atoms with van der Waals surface area (Å²) in [5.41, 5.74) is 0.512. The average Bonchev–Trinajstić information content (AvgIpc) is 2.83. The largest absolute Gasteiger partial charge is 0.504 e. The zero-order valence-corrected chi connectivity index (χ0v) is 14.0. The minimum Gasteiger partial charge on any atom is -0.504 e. The quantitative estimate of drug-likeness (QED) is 0.897. The van der Waals surface area contributed by atoms with Crippen LogP contribution in [0.4, 0.5) is 0 Å². The maximum Gasteiger partial charge on any atom is 0.174 e. The van der Waals surface area contributed by atoms with Crippen molar-refractivity contribution in [1.29, 1.82) is 0 Å². The second kappa shape index (κ2) is 5.10. The molecule has 1 fully saturated rings. The number of Topliss-reactive ketones (excluding diaryl/α,β-unsaturated/α-hetero) is 1. The summed E-state index contributed by atoms with van der Waals surface area (Å²) in [6.45, 7) is 9.73. The number of carbonyl (C=O) groups is 1. The van der Waals surface area contributed by atoms with Crippen LogP contribution in [0.3, 0.4) is 0 Å². The number of aliphatic hydroxyl groups is 1. The van der Waals surface area contributed by atoms with Crippen LogP contribution in [0.25, 0.3) is 5.57 Å². The van der Waals surface area contributed by atoms with Crippen molar-refractivity contribution in [3.05, 3.63) is 29.8 Å². The Morgan fingerprint density at radius 2 is 2.17 bits per heavy atom. The number of fused-ring (bicyclic) bond motifs is 3. The van der Waals surface area contributed by atoms with Gasteiger partial charge in [-0.2, -0.15) is 0 Å². The summed E-state index contributed by atoms with van der Waals surface area (Å²) in [4.78, 5) is 12.6. The molecular weight excluding hydrogens is 292 g/mol. The van der Waals surface area contributed by atoms with Gasteiger partial charge in [0.15, 0.2) is 23.4 Å². The van der Waals surface area contributed by atoms with E-state index in [2.05, 4.69) is 6.58 Å². The van der Waals surface area contributed by atoms with Gasteiger partial charge in [0.25, 0.3) is 0 Å². The maximum absolute atomic E-state index is 12.6. The van der Waals surface area contributed by atoms with E-state index in [-0.39, 0.29) is 11.5 Å². The monoisotopic (exact) mass is 316 g/mol. The van der Waals surface area contributed by atoms with Crippen LogP contribution in [0.5, 0.6) is 11.5 Å². The zero-order valence-electron chi connectivity index (χ0n) is 14.0. The van der Waals surface area contributed by atoms with Crippen LogP contribution in [0.2, 0.25) is 0 Å². The molecule has 4 nitrogen and oxygen atoms in total. The number of allylic oxidation sites excluding steroid dienone is 1. The molecule has 3 atom stereocenters. The summed E-state index contributed by atoms with van der Waals surface area (Å²) >= 11 is 0. The molecule has 0 bridgehead atoms. The Morgan fingerprint density at radius 1 is 1.48 bits per heavy atom. The number of phenols is 1. The first-order valence-corrected chi connectivity index (χ1v) is 8.20. The van der Waals surface area contributed by atoms with Crippen molar-refractivity contribution in [2.24, 2.45) is 0 Å². The van der Waals surface area contributed by atoms with E-state index in [1.807, 2.05) is 13.8 Å². The van der Waals surface area contributed by atoms with Gasteiger partial charge in [-0.15, -0.1) is 0 Å².